The molecule has 1 rings (SSSR count). The Morgan fingerprint density at radius 2 is 2.22 bits per heavy atom. The molecule has 6 heteroatoms. The molecule has 0 saturated carbocycles. The van der Waals surface area contributed by atoms with E-state index in [1.165, 1.54) is 0 Å². The van der Waals surface area contributed by atoms with E-state index < -0.39 is 6.04 Å². The van der Waals surface area contributed by atoms with Gasteiger partial charge in [0.2, 0.25) is 5.91 Å². The minimum Gasteiger partial charge on any atom is -0.325 e. The van der Waals surface area contributed by atoms with Crippen LogP contribution in [0.25, 0.3) is 0 Å². The van der Waals surface area contributed by atoms with Crippen LogP contribution in [0.15, 0.2) is 22.7 Å². The first-order valence-corrected chi connectivity index (χ1v) is 7.55. The number of nitrogens with two attached hydrogens (primary N) is 1. The number of benzene rings is 1. The van der Waals surface area contributed by atoms with Crippen molar-refractivity contribution in [3.05, 3.63) is 28.2 Å². The number of hydrogen-bond donors (Lipinski definition) is 2. The summed E-state index contributed by atoms with van der Waals surface area (Å²) in [5, 5.41) is 2.82. The lowest BCUT2D eigenvalue weighted by atomic mass is 10.2. The van der Waals surface area contributed by atoms with Gasteiger partial charge in [-0.2, -0.15) is 11.8 Å². The van der Waals surface area contributed by atoms with Crippen molar-refractivity contribution in [2.24, 2.45) is 5.73 Å². The summed E-state index contributed by atoms with van der Waals surface area (Å²) in [7, 11) is 0. The normalized spacial score (nSPS) is 11.6. The van der Waals surface area contributed by atoms with Crippen LogP contribution in [0.2, 0.25) is 0 Å². The molecule has 0 aromatic heterocycles. The van der Waals surface area contributed by atoms with E-state index in [0.29, 0.717) is 6.42 Å². The predicted octanol–water partition coefficient (Wildman–Crippen LogP) is 3.20. The van der Waals surface area contributed by atoms with Gasteiger partial charge in [-0.05, 0) is 43.0 Å². The summed E-state index contributed by atoms with van der Waals surface area (Å²) in [6.45, 7) is 2.00. The summed E-state index contributed by atoms with van der Waals surface area (Å²) < 4.78 is 0.980. The number of rotatable bonds is 5. The lowest BCUT2D eigenvalue weighted by Crippen LogP contribution is -2.36. The Morgan fingerprint density at radius 3 is 2.78 bits per heavy atom. The van der Waals surface area contributed by atoms with Gasteiger partial charge in [0.25, 0.3) is 0 Å². The third kappa shape index (κ3) is 5.61. The predicted molar refractivity (Wildman–Crippen MR) is 85.7 cm³/mol. The van der Waals surface area contributed by atoms with E-state index in [4.69, 9.17) is 5.73 Å². The number of halogens is 2. The minimum absolute atomic E-state index is 0. The third-order valence-electron chi connectivity index (χ3n) is 2.41. The molecule has 0 bridgehead atoms. The van der Waals surface area contributed by atoms with Crippen molar-refractivity contribution in [2.75, 3.05) is 17.3 Å². The molecule has 1 atom stereocenters. The van der Waals surface area contributed by atoms with Gasteiger partial charge < -0.3 is 11.1 Å². The fraction of sp³-hybridized carbons (Fsp3) is 0.417. The number of anilines is 1. The Balaban J connectivity index is 0.00000289. The molecule has 3 nitrogen and oxygen atoms in total. The maximum atomic E-state index is 11.8. The maximum Gasteiger partial charge on any atom is 0.241 e. The molecule has 3 N–H and O–H groups in total. The van der Waals surface area contributed by atoms with Crippen LogP contribution < -0.4 is 11.1 Å². The lowest BCUT2D eigenvalue weighted by molar-refractivity contribution is -0.117. The maximum absolute atomic E-state index is 11.8. The van der Waals surface area contributed by atoms with Crippen LogP contribution in [-0.4, -0.2) is 24.0 Å². The molecule has 0 aliphatic rings. The highest BCUT2D eigenvalue weighted by Crippen LogP contribution is 2.20. The van der Waals surface area contributed by atoms with Gasteiger partial charge in [-0.15, -0.1) is 12.4 Å². The van der Waals surface area contributed by atoms with Gasteiger partial charge in [0.15, 0.2) is 0 Å². The zero-order valence-corrected chi connectivity index (χ0v) is 13.6. The number of thioether (sulfide) groups is 1. The number of hydrogen-bond acceptors (Lipinski definition) is 3. The average Bonchev–Trinajstić information content (AvgIpc) is 2.30. The third-order valence-corrected chi connectivity index (χ3v) is 3.91. The summed E-state index contributed by atoms with van der Waals surface area (Å²) >= 11 is 5.12. The molecule has 1 amide bonds. The van der Waals surface area contributed by atoms with Crippen molar-refractivity contribution in [2.45, 2.75) is 19.4 Å². The zero-order valence-electron chi connectivity index (χ0n) is 10.4. The highest BCUT2D eigenvalue weighted by molar-refractivity contribution is 9.10. The van der Waals surface area contributed by atoms with Crippen LogP contribution in [0.5, 0.6) is 0 Å². The van der Waals surface area contributed by atoms with E-state index in [9.17, 15) is 4.79 Å². The zero-order chi connectivity index (χ0) is 12.8. The van der Waals surface area contributed by atoms with Crippen molar-refractivity contribution in [1.29, 1.82) is 0 Å². The van der Waals surface area contributed by atoms with Gasteiger partial charge in [0, 0.05) is 10.2 Å². The number of carbonyl (C=O) groups excluding carboxylic acids is 1. The Kier molecular flexibility index (Phi) is 8.69. The monoisotopic (exact) mass is 352 g/mol. The molecule has 1 aromatic rings. The average molecular weight is 354 g/mol. The molecule has 18 heavy (non-hydrogen) atoms. The van der Waals surface area contributed by atoms with Crippen LogP contribution in [-0.2, 0) is 4.79 Å². The van der Waals surface area contributed by atoms with Gasteiger partial charge in [0.1, 0.15) is 0 Å². The fourth-order valence-corrected chi connectivity index (χ4v) is 2.15. The van der Waals surface area contributed by atoms with Gasteiger partial charge in [-0.1, -0.05) is 22.0 Å². The molecule has 0 fully saturated rings. The largest absolute Gasteiger partial charge is 0.325 e. The summed E-state index contributed by atoms with van der Waals surface area (Å²) in [6, 6.07) is 5.27. The second kappa shape index (κ2) is 8.80. The molecule has 102 valence electrons. The summed E-state index contributed by atoms with van der Waals surface area (Å²) in [6.07, 6.45) is 2.70. The SMILES string of the molecule is CSCC[C@H](N)C(=O)Nc1ccc(C)c(Br)c1.Cl. The molecule has 0 aliphatic carbocycles. The molecular formula is C12H18BrClN2OS. The van der Waals surface area contributed by atoms with Crippen LogP contribution in [0, 0.1) is 6.92 Å². The van der Waals surface area contributed by atoms with Gasteiger partial charge >= 0.3 is 0 Å². The number of nitrogens with one attached hydrogen (secondary N) is 1. The van der Waals surface area contributed by atoms with E-state index in [1.54, 1.807) is 11.8 Å². The van der Waals surface area contributed by atoms with Crippen molar-refractivity contribution in [1.82, 2.24) is 0 Å². The first-order valence-electron chi connectivity index (χ1n) is 5.36. The van der Waals surface area contributed by atoms with E-state index in [1.807, 2.05) is 31.4 Å². The van der Waals surface area contributed by atoms with Gasteiger partial charge in [-0.25, -0.2) is 0 Å². The number of amides is 1. The molecule has 0 heterocycles. The van der Waals surface area contributed by atoms with Crippen LogP contribution >= 0.6 is 40.1 Å². The topological polar surface area (TPSA) is 55.1 Å². The number of carbonyl (C=O) groups is 1. The van der Waals surface area contributed by atoms with E-state index >= 15 is 0 Å². The van der Waals surface area contributed by atoms with Crippen LogP contribution in [0.4, 0.5) is 5.69 Å². The second-order valence-electron chi connectivity index (χ2n) is 3.84. The molecule has 0 unspecified atom stereocenters. The second-order valence-corrected chi connectivity index (χ2v) is 5.68. The highest BCUT2D eigenvalue weighted by atomic mass is 79.9. The molecule has 0 saturated heterocycles. The summed E-state index contributed by atoms with van der Waals surface area (Å²) in [5.74, 6) is 0.765. The first-order chi connectivity index (χ1) is 8.04. The quantitative estimate of drug-likeness (QED) is 0.854. The molecule has 0 radical (unpaired) electrons. The Bertz CT molecular complexity index is 404. The Hall–Kier alpha value is -0.230. The number of aryl methyl sites for hydroxylation is 1. The summed E-state index contributed by atoms with van der Waals surface area (Å²) in [4.78, 5) is 11.8. The van der Waals surface area contributed by atoms with Crippen molar-refractivity contribution in [3.8, 4) is 0 Å². The van der Waals surface area contributed by atoms with Crippen molar-refractivity contribution >= 4 is 51.7 Å². The standard InChI is InChI=1S/C12H17BrN2OS.ClH/c1-8-3-4-9(7-10(8)13)15-12(16)11(14)5-6-17-2;/h3-4,7,11H,5-6,14H2,1-2H3,(H,15,16);1H/t11-;/m0./s1. The molecule has 1 aromatic carbocycles. The molecule has 0 spiro atoms. The van der Waals surface area contributed by atoms with E-state index in [-0.39, 0.29) is 18.3 Å². The molecular weight excluding hydrogens is 336 g/mol. The smallest absolute Gasteiger partial charge is 0.241 e. The van der Waals surface area contributed by atoms with E-state index in [0.717, 1.165) is 21.5 Å². The lowest BCUT2D eigenvalue weighted by Gasteiger charge is -2.12. The Morgan fingerprint density at radius 1 is 1.56 bits per heavy atom. The van der Waals surface area contributed by atoms with Crippen LogP contribution in [0.3, 0.4) is 0 Å². The van der Waals surface area contributed by atoms with Gasteiger partial charge in [0.05, 0.1) is 6.04 Å². The highest BCUT2D eigenvalue weighted by Gasteiger charge is 2.13. The first kappa shape index (κ1) is 17.8. The fourth-order valence-electron chi connectivity index (χ4n) is 1.28. The van der Waals surface area contributed by atoms with E-state index in [2.05, 4.69) is 21.2 Å². The summed E-state index contributed by atoms with van der Waals surface area (Å²) in [5.41, 5.74) is 7.69. The molecule has 0 aliphatic heterocycles. The van der Waals surface area contributed by atoms with Crippen molar-refractivity contribution in [3.63, 3.8) is 0 Å². The van der Waals surface area contributed by atoms with Crippen LogP contribution in [0.1, 0.15) is 12.0 Å². The van der Waals surface area contributed by atoms with Gasteiger partial charge in [-0.3, -0.25) is 4.79 Å². The minimum atomic E-state index is -0.442. The van der Waals surface area contributed by atoms with Crippen molar-refractivity contribution < 1.29 is 4.79 Å². The Labute approximate surface area is 127 Å².